The Morgan fingerprint density at radius 2 is 1.54 bits per heavy atom. The molecule has 0 fully saturated rings. The van der Waals surface area contributed by atoms with Gasteiger partial charge in [-0.25, -0.2) is 12.8 Å². The maximum absolute atomic E-state index is 15.3. The number of aliphatic carboxylic acids is 1. The van der Waals surface area contributed by atoms with E-state index in [1.165, 1.54) is 6.07 Å². The zero-order chi connectivity index (χ0) is 38.1. The normalized spacial score (nSPS) is 12.6. The second kappa shape index (κ2) is 17.8. The first-order chi connectivity index (χ1) is 24.5. The minimum atomic E-state index is -4.65. The molecular formula is C38H38ClF4NO7S. The van der Waals surface area contributed by atoms with Gasteiger partial charge in [-0.15, -0.1) is 0 Å². The first-order valence-electron chi connectivity index (χ1n) is 16.3. The molecule has 1 atom stereocenters. The van der Waals surface area contributed by atoms with E-state index in [2.05, 4.69) is 0 Å². The number of benzene rings is 4. The van der Waals surface area contributed by atoms with Crippen molar-refractivity contribution in [3.05, 3.63) is 130 Å². The third kappa shape index (κ3) is 11.3. The maximum atomic E-state index is 15.3. The fourth-order valence-electron chi connectivity index (χ4n) is 5.65. The molecule has 1 N–H and O–H groups in total. The number of sulfone groups is 1. The van der Waals surface area contributed by atoms with E-state index < -0.39 is 74.3 Å². The van der Waals surface area contributed by atoms with Gasteiger partial charge < -0.3 is 14.6 Å². The minimum Gasteiger partial charge on any atom is -0.493 e. The van der Waals surface area contributed by atoms with Gasteiger partial charge in [-0.3, -0.25) is 14.5 Å². The molecular weight excluding hydrogens is 726 g/mol. The van der Waals surface area contributed by atoms with E-state index in [-0.39, 0.29) is 36.4 Å². The van der Waals surface area contributed by atoms with E-state index in [9.17, 15) is 31.2 Å². The first kappa shape index (κ1) is 40.3. The van der Waals surface area contributed by atoms with Gasteiger partial charge in [0.05, 0.1) is 34.9 Å². The van der Waals surface area contributed by atoms with Gasteiger partial charge in [0, 0.05) is 42.9 Å². The standard InChI is InChI=1S/C38H38ClF4NO7S/c1-25(18-19-50-29-20-33(40)31(34(21-29)52(2,48)49)24-51-36(47)17-16-35(45)46)44(22-28-14-9-15-32(37(28)39)38(41,42)43)23-30(26-10-5-3-6-11-26)27-12-7-4-8-13-27/h3-15,20-21,25,30H,16-19,22-24H2,1-2H3,(H,45,46)/t25-/m1/s1. The summed E-state index contributed by atoms with van der Waals surface area (Å²) < 4.78 is 92.5. The number of carbonyl (C=O) groups excluding carboxylic acids is 1. The van der Waals surface area contributed by atoms with Crippen molar-refractivity contribution < 1.29 is 50.1 Å². The van der Waals surface area contributed by atoms with Crippen LogP contribution < -0.4 is 4.74 Å². The van der Waals surface area contributed by atoms with Crippen LogP contribution in [0.15, 0.2) is 95.9 Å². The lowest BCUT2D eigenvalue weighted by atomic mass is 9.90. The number of ether oxygens (including phenoxy) is 2. The smallest absolute Gasteiger partial charge is 0.417 e. The van der Waals surface area contributed by atoms with Crippen LogP contribution in [-0.4, -0.2) is 55.8 Å². The van der Waals surface area contributed by atoms with Crippen molar-refractivity contribution in [3.8, 4) is 5.75 Å². The van der Waals surface area contributed by atoms with Gasteiger partial charge in [0.1, 0.15) is 18.2 Å². The summed E-state index contributed by atoms with van der Waals surface area (Å²) in [6.45, 7) is 1.56. The summed E-state index contributed by atoms with van der Waals surface area (Å²) in [6.07, 6.45) is -4.47. The van der Waals surface area contributed by atoms with Gasteiger partial charge in [-0.1, -0.05) is 84.4 Å². The molecule has 4 rings (SSSR count). The molecule has 0 aliphatic rings. The summed E-state index contributed by atoms with van der Waals surface area (Å²) in [7, 11) is -4.03. The summed E-state index contributed by atoms with van der Waals surface area (Å²) in [6, 6.07) is 24.9. The number of esters is 1. The van der Waals surface area contributed by atoms with Crippen LogP contribution in [0.3, 0.4) is 0 Å². The molecule has 0 heterocycles. The molecule has 0 aromatic heterocycles. The largest absolute Gasteiger partial charge is 0.493 e. The highest BCUT2D eigenvalue weighted by atomic mass is 35.5. The van der Waals surface area contributed by atoms with E-state index in [0.29, 0.717) is 13.0 Å². The molecule has 0 radical (unpaired) electrons. The SMILES string of the molecule is C[C@H](CCOc1cc(F)c(COC(=O)CCC(=O)O)c(S(C)(=O)=O)c1)N(Cc1cccc(C(F)(F)F)c1Cl)CC(c1ccccc1)c1ccccc1. The van der Waals surface area contributed by atoms with Crippen molar-refractivity contribution in [3.63, 3.8) is 0 Å². The van der Waals surface area contributed by atoms with Crippen LogP contribution in [0.2, 0.25) is 5.02 Å². The summed E-state index contributed by atoms with van der Waals surface area (Å²) in [5, 5.41) is 8.36. The maximum Gasteiger partial charge on any atom is 0.417 e. The number of alkyl halides is 3. The first-order valence-corrected chi connectivity index (χ1v) is 18.5. The van der Waals surface area contributed by atoms with Crippen molar-refractivity contribution >= 4 is 33.4 Å². The Labute approximate surface area is 304 Å². The summed E-state index contributed by atoms with van der Waals surface area (Å²) in [5.74, 6) is -3.46. The Balaban J connectivity index is 1.58. The second-order valence-electron chi connectivity index (χ2n) is 12.3. The number of carboxylic acid groups (broad SMARTS) is 1. The topological polar surface area (TPSA) is 110 Å². The lowest BCUT2D eigenvalue weighted by Crippen LogP contribution is -2.37. The highest BCUT2D eigenvalue weighted by Crippen LogP contribution is 2.37. The highest BCUT2D eigenvalue weighted by Gasteiger charge is 2.34. The monoisotopic (exact) mass is 763 g/mol. The van der Waals surface area contributed by atoms with Crippen molar-refractivity contribution in [2.24, 2.45) is 0 Å². The number of rotatable bonds is 17. The van der Waals surface area contributed by atoms with Crippen molar-refractivity contribution in [2.45, 2.75) is 62.4 Å². The molecule has 0 unspecified atom stereocenters. The number of nitrogens with zero attached hydrogens (tertiary/aromatic N) is 1. The lowest BCUT2D eigenvalue weighted by Gasteiger charge is -2.34. The fraction of sp³-hybridized carbons (Fsp3) is 0.316. The van der Waals surface area contributed by atoms with Gasteiger partial charge in [0.15, 0.2) is 9.84 Å². The van der Waals surface area contributed by atoms with Gasteiger partial charge in [0.25, 0.3) is 0 Å². The number of carboxylic acids is 1. The van der Waals surface area contributed by atoms with Crippen molar-refractivity contribution in [2.75, 3.05) is 19.4 Å². The molecule has 0 spiro atoms. The van der Waals surface area contributed by atoms with Gasteiger partial charge in [0.2, 0.25) is 0 Å². The number of carbonyl (C=O) groups is 2. The molecule has 14 heteroatoms. The summed E-state index contributed by atoms with van der Waals surface area (Å²) in [4.78, 5) is 24.2. The van der Waals surface area contributed by atoms with E-state index in [1.807, 2.05) is 72.5 Å². The molecule has 0 saturated heterocycles. The van der Waals surface area contributed by atoms with Crippen LogP contribution in [0.25, 0.3) is 0 Å². The number of hydrogen-bond donors (Lipinski definition) is 1. The molecule has 0 amide bonds. The molecule has 0 saturated carbocycles. The Kier molecular flexibility index (Phi) is 13.8. The Bertz CT molecular complexity index is 1900. The van der Waals surface area contributed by atoms with Crippen LogP contribution in [0.5, 0.6) is 5.75 Å². The molecule has 4 aromatic rings. The zero-order valence-electron chi connectivity index (χ0n) is 28.4. The quantitative estimate of drug-likeness (QED) is 0.0846. The van der Waals surface area contributed by atoms with Crippen molar-refractivity contribution in [1.29, 1.82) is 0 Å². The average Bonchev–Trinajstić information content (AvgIpc) is 3.09. The molecule has 278 valence electrons. The van der Waals surface area contributed by atoms with E-state index in [1.54, 1.807) is 6.07 Å². The summed E-state index contributed by atoms with van der Waals surface area (Å²) in [5.41, 5.74) is 0.919. The van der Waals surface area contributed by atoms with E-state index in [0.717, 1.165) is 35.6 Å². The number of hydrogen-bond acceptors (Lipinski definition) is 7. The molecule has 8 nitrogen and oxygen atoms in total. The van der Waals surface area contributed by atoms with Crippen LogP contribution in [0.4, 0.5) is 17.6 Å². The predicted molar refractivity (Wildman–Crippen MR) is 187 cm³/mol. The van der Waals surface area contributed by atoms with E-state index >= 15 is 4.39 Å². The third-order valence-electron chi connectivity index (χ3n) is 8.45. The van der Waals surface area contributed by atoms with Gasteiger partial charge in [-0.2, -0.15) is 13.2 Å². The zero-order valence-corrected chi connectivity index (χ0v) is 30.0. The molecule has 0 aliphatic carbocycles. The Morgan fingerprint density at radius 1 is 0.923 bits per heavy atom. The predicted octanol–water partition coefficient (Wildman–Crippen LogP) is 8.30. The van der Waals surface area contributed by atoms with Crippen molar-refractivity contribution in [1.82, 2.24) is 4.90 Å². The molecule has 0 bridgehead atoms. The van der Waals surface area contributed by atoms with Crippen LogP contribution in [0, 0.1) is 5.82 Å². The fourth-order valence-corrected chi connectivity index (χ4v) is 6.88. The second-order valence-corrected chi connectivity index (χ2v) is 14.6. The van der Waals surface area contributed by atoms with Crippen LogP contribution in [-0.2, 0) is 43.5 Å². The third-order valence-corrected chi connectivity index (χ3v) is 10.1. The Hall–Kier alpha value is -4.46. The summed E-state index contributed by atoms with van der Waals surface area (Å²) >= 11 is 6.34. The Morgan fingerprint density at radius 3 is 2.10 bits per heavy atom. The van der Waals surface area contributed by atoms with E-state index in [4.69, 9.17) is 26.2 Å². The molecule has 0 aliphatic heterocycles. The van der Waals surface area contributed by atoms with Gasteiger partial charge in [-0.05, 0) is 42.2 Å². The average molecular weight is 764 g/mol. The lowest BCUT2D eigenvalue weighted by molar-refractivity contribution is -0.148. The van der Waals surface area contributed by atoms with Gasteiger partial charge >= 0.3 is 18.1 Å². The van der Waals surface area contributed by atoms with Crippen LogP contribution in [0.1, 0.15) is 59.9 Å². The minimum absolute atomic E-state index is 0.0263. The van der Waals surface area contributed by atoms with Crippen LogP contribution >= 0.6 is 11.6 Å². The highest BCUT2D eigenvalue weighted by molar-refractivity contribution is 7.90. The number of halogens is 5. The molecule has 4 aromatic carbocycles. The molecule has 52 heavy (non-hydrogen) atoms.